The zero-order valence-electron chi connectivity index (χ0n) is 9.27. The van der Waals surface area contributed by atoms with Gasteiger partial charge in [0, 0.05) is 4.47 Å². The summed E-state index contributed by atoms with van der Waals surface area (Å²) in [5.74, 6) is 0.815. The second-order valence-electron chi connectivity index (χ2n) is 3.45. The molecule has 0 aliphatic heterocycles. The zero-order chi connectivity index (χ0) is 12.1. The third-order valence-electron chi connectivity index (χ3n) is 2.24. The molecular weight excluding hydrogens is 272 g/mol. The van der Waals surface area contributed by atoms with Crippen molar-refractivity contribution in [1.29, 1.82) is 0 Å². The molecule has 0 saturated carbocycles. The molecule has 0 aliphatic rings. The maximum Gasteiger partial charge on any atom is 0.180 e. The molecular formula is C11H15BrN2O2. The van der Waals surface area contributed by atoms with E-state index < -0.39 is 6.10 Å². The molecule has 3 N–H and O–H groups in total. The molecule has 0 bridgehead atoms. The Bertz CT molecular complexity index is 394. The van der Waals surface area contributed by atoms with Gasteiger partial charge in [-0.3, -0.25) is 0 Å². The molecule has 16 heavy (non-hydrogen) atoms. The molecule has 88 valence electrons. The Morgan fingerprint density at radius 3 is 2.88 bits per heavy atom. The van der Waals surface area contributed by atoms with Crippen molar-refractivity contribution < 1.29 is 9.94 Å². The summed E-state index contributed by atoms with van der Waals surface area (Å²) in [4.78, 5) is 0. The Balaban J connectivity index is 2.89. The topological polar surface area (TPSA) is 67.8 Å². The van der Waals surface area contributed by atoms with E-state index in [0.717, 1.165) is 15.8 Å². The first-order valence-electron chi connectivity index (χ1n) is 4.98. The quantitative estimate of drug-likeness (QED) is 0.387. The molecule has 1 aromatic rings. The fourth-order valence-electron chi connectivity index (χ4n) is 1.27. The molecule has 0 fully saturated rings. The van der Waals surface area contributed by atoms with Gasteiger partial charge in [0.15, 0.2) is 11.9 Å². The Morgan fingerprint density at radius 2 is 2.31 bits per heavy atom. The number of aryl methyl sites for hydroxylation is 1. The van der Waals surface area contributed by atoms with Gasteiger partial charge in [-0.15, -0.1) is 0 Å². The number of hydrogen-bond acceptors (Lipinski definition) is 3. The molecule has 1 unspecified atom stereocenters. The number of amidine groups is 1. The van der Waals surface area contributed by atoms with E-state index in [4.69, 9.17) is 15.7 Å². The van der Waals surface area contributed by atoms with Crippen LogP contribution in [0.25, 0.3) is 0 Å². The van der Waals surface area contributed by atoms with Crippen molar-refractivity contribution in [3.8, 4) is 5.75 Å². The van der Waals surface area contributed by atoms with E-state index in [1.165, 1.54) is 0 Å². The lowest BCUT2D eigenvalue weighted by atomic mass is 10.2. The van der Waals surface area contributed by atoms with E-state index in [0.29, 0.717) is 6.42 Å². The molecule has 0 radical (unpaired) electrons. The van der Waals surface area contributed by atoms with Gasteiger partial charge in [-0.2, -0.15) is 0 Å². The van der Waals surface area contributed by atoms with Crippen LogP contribution in [0.5, 0.6) is 5.75 Å². The number of rotatable bonds is 4. The Hall–Kier alpha value is -1.23. The largest absolute Gasteiger partial charge is 0.482 e. The fraction of sp³-hybridized carbons (Fsp3) is 0.364. The summed E-state index contributed by atoms with van der Waals surface area (Å²) in [5.41, 5.74) is 6.53. The van der Waals surface area contributed by atoms with E-state index >= 15 is 0 Å². The maximum absolute atomic E-state index is 8.61. The van der Waals surface area contributed by atoms with Crippen LogP contribution in [0.1, 0.15) is 18.9 Å². The highest BCUT2D eigenvalue weighted by Crippen LogP contribution is 2.24. The van der Waals surface area contributed by atoms with Crippen LogP contribution in [-0.2, 0) is 0 Å². The van der Waals surface area contributed by atoms with E-state index in [9.17, 15) is 0 Å². The van der Waals surface area contributed by atoms with Crippen LogP contribution in [0.2, 0.25) is 0 Å². The van der Waals surface area contributed by atoms with Crippen LogP contribution in [0.4, 0.5) is 0 Å². The number of nitrogens with two attached hydrogens (primary N) is 1. The number of ether oxygens (including phenoxy) is 1. The first-order valence-corrected chi connectivity index (χ1v) is 5.78. The Labute approximate surface area is 103 Å². The number of halogens is 1. The van der Waals surface area contributed by atoms with Crippen LogP contribution >= 0.6 is 15.9 Å². The van der Waals surface area contributed by atoms with Crippen molar-refractivity contribution in [2.24, 2.45) is 10.9 Å². The normalized spacial score (nSPS) is 13.6. The number of oxime groups is 1. The highest BCUT2D eigenvalue weighted by Gasteiger charge is 2.14. The lowest BCUT2D eigenvalue weighted by molar-refractivity contribution is 0.245. The predicted molar refractivity (Wildman–Crippen MR) is 67.0 cm³/mol. The number of nitrogens with zero attached hydrogens (tertiary/aromatic N) is 1. The fourth-order valence-corrected chi connectivity index (χ4v) is 1.61. The second kappa shape index (κ2) is 5.75. The highest BCUT2D eigenvalue weighted by atomic mass is 79.9. The standard InChI is InChI=1S/C11H15BrN2O2/c1-3-9(11(13)14-15)16-10-6-8(12)5-4-7(10)2/h4-6,9,15H,3H2,1-2H3,(H2,13,14). The lowest BCUT2D eigenvalue weighted by Crippen LogP contribution is -2.33. The lowest BCUT2D eigenvalue weighted by Gasteiger charge is -2.17. The van der Waals surface area contributed by atoms with E-state index in [2.05, 4.69) is 21.1 Å². The summed E-state index contributed by atoms with van der Waals surface area (Å²) >= 11 is 3.37. The van der Waals surface area contributed by atoms with E-state index in [1.54, 1.807) is 0 Å². The summed E-state index contributed by atoms with van der Waals surface area (Å²) in [7, 11) is 0. The molecule has 0 saturated heterocycles. The first kappa shape index (κ1) is 12.8. The molecule has 5 heteroatoms. The van der Waals surface area contributed by atoms with Crippen LogP contribution in [0, 0.1) is 6.92 Å². The Kier molecular flexibility index (Phi) is 4.61. The molecule has 0 aliphatic carbocycles. The molecule has 1 aromatic carbocycles. The average Bonchev–Trinajstić information content (AvgIpc) is 2.29. The van der Waals surface area contributed by atoms with Gasteiger partial charge in [0.1, 0.15) is 5.75 Å². The van der Waals surface area contributed by atoms with Gasteiger partial charge in [0.2, 0.25) is 0 Å². The molecule has 0 amide bonds. The molecule has 1 rings (SSSR count). The SMILES string of the molecule is CCC(Oc1cc(Br)ccc1C)/C(N)=N/O. The first-order chi connectivity index (χ1) is 7.58. The molecule has 0 spiro atoms. The van der Waals surface area contributed by atoms with Gasteiger partial charge in [-0.25, -0.2) is 0 Å². The van der Waals surface area contributed by atoms with Crippen molar-refractivity contribution in [3.05, 3.63) is 28.2 Å². The van der Waals surface area contributed by atoms with Crippen LogP contribution in [-0.4, -0.2) is 17.1 Å². The van der Waals surface area contributed by atoms with Gasteiger partial charge in [-0.1, -0.05) is 34.1 Å². The van der Waals surface area contributed by atoms with Gasteiger partial charge in [0.05, 0.1) is 0 Å². The summed E-state index contributed by atoms with van der Waals surface area (Å²) in [5, 5.41) is 11.6. The van der Waals surface area contributed by atoms with Crippen LogP contribution in [0.15, 0.2) is 27.8 Å². The third kappa shape index (κ3) is 3.13. The van der Waals surface area contributed by atoms with Crippen molar-refractivity contribution in [1.82, 2.24) is 0 Å². The predicted octanol–water partition coefficient (Wildman–Crippen LogP) is 2.66. The third-order valence-corrected chi connectivity index (χ3v) is 2.73. The van der Waals surface area contributed by atoms with Crippen molar-refractivity contribution in [2.75, 3.05) is 0 Å². The summed E-state index contributed by atoms with van der Waals surface area (Å²) in [6.45, 7) is 3.86. The monoisotopic (exact) mass is 286 g/mol. The summed E-state index contributed by atoms with van der Waals surface area (Å²) < 4.78 is 6.61. The minimum Gasteiger partial charge on any atom is -0.482 e. The average molecular weight is 287 g/mol. The van der Waals surface area contributed by atoms with Crippen LogP contribution < -0.4 is 10.5 Å². The zero-order valence-corrected chi connectivity index (χ0v) is 10.9. The van der Waals surface area contributed by atoms with Crippen molar-refractivity contribution in [2.45, 2.75) is 26.4 Å². The molecule has 0 aromatic heterocycles. The second-order valence-corrected chi connectivity index (χ2v) is 4.37. The summed E-state index contributed by atoms with van der Waals surface area (Å²) in [6, 6.07) is 5.74. The number of hydrogen-bond donors (Lipinski definition) is 2. The van der Waals surface area contributed by atoms with Gasteiger partial charge >= 0.3 is 0 Å². The van der Waals surface area contributed by atoms with Crippen molar-refractivity contribution in [3.63, 3.8) is 0 Å². The minimum absolute atomic E-state index is 0.0851. The van der Waals surface area contributed by atoms with Gasteiger partial charge < -0.3 is 15.7 Å². The van der Waals surface area contributed by atoms with Gasteiger partial charge in [-0.05, 0) is 31.0 Å². The molecule has 0 heterocycles. The van der Waals surface area contributed by atoms with Crippen molar-refractivity contribution >= 4 is 21.8 Å². The summed E-state index contributed by atoms with van der Waals surface area (Å²) in [6.07, 6.45) is 0.236. The smallest absolute Gasteiger partial charge is 0.180 e. The minimum atomic E-state index is -0.405. The van der Waals surface area contributed by atoms with Crippen LogP contribution in [0.3, 0.4) is 0 Å². The van der Waals surface area contributed by atoms with E-state index in [-0.39, 0.29) is 5.84 Å². The van der Waals surface area contributed by atoms with Gasteiger partial charge in [0.25, 0.3) is 0 Å². The maximum atomic E-state index is 8.61. The Morgan fingerprint density at radius 1 is 1.62 bits per heavy atom. The highest BCUT2D eigenvalue weighted by molar-refractivity contribution is 9.10. The van der Waals surface area contributed by atoms with E-state index in [1.807, 2.05) is 32.0 Å². The number of benzene rings is 1. The molecule has 1 atom stereocenters. The molecule has 4 nitrogen and oxygen atoms in total.